The van der Waals surface area contributed by atoms with E-state index < -0.39 is 17.7 Å². The number of hydrogen-bond donors (Lipinski definition) is 1. The molecule has 0 saturated heterocycles. The highest BCUT2D eigenvalue weighted by Gasteiger charge is 2.33. The van der Waals surface area contributed by atoms with Gasteiger partial charge in [-0.1, -0.05) is 0 Å². The third-order valence-corrected chi connectivity index (χ3v) is 0.630. The number of ketones is 1. The summed E-state index contributed by atoms with van der Waals surface area (Å²) < 4.78 is 34.0. The Bertz CT molecular complexity index is 168. The molecule has 0 aliphatic carbocycles. The summed E-state index contributed by atoms with van der Waals surface area (Å²) in [6.45, 7) is 0.919. The number of carbonyl (C=O) groups excluding carboxylic acids is 1. The number of rotatable bonds is 1. The quantitative estimate of drug-likeness (QED) is 0.459. The van der Waals surface area contributed by atoms with Crippen LogP contribution in [0.1, 0.15) is 6.92 Å². The summed E-state index contributed by atoms with van der Waals surface area (Å²) in [5.41, 5.74) is 0. The van der Waals surface area contributed by atoms with Gasteiger partial charge in [-0.05, 0) is 6.92 Å². The lowest BCUT2D eigenvalue weighted by molar-refractivity contribution is -0.124. The van der Waals surface area contributed by atoms with Gasteiger partial charge in [0.15, 0.2) is 5.78 Å². The molecule has 0 spiro atoms. The zero-order valence-electron chi connectivity index (χ0n) is 5.07. The zero-order valence-corrected chi connectivity index (χ0v) is 5.07. The van der Waals surface area contributed by atoms with Crippen molar-refractivity contribution in [3.05, 3.63) is 11.8 Å². The molecule has 0 radical (unpaired) electrons. The summed E-state index contributed by atoms with van der Waals surface area (Å²) in [4.78, 5) is 9.96. The zero-order chi connectivity index (χ0) is 8.36. The van der Waals surface area contributed by atoms with Gasteiger partial charge in [0.05, 0.1) is 0 Å². The monoisotopic (exact) mass is 154 g/mol. The molecular formula is C5H5F3O2. The molecule has 0 aliphatic heterocycles. The Labute approximate surface area is 55.0 Å². The molecule has 0 amide bonds. The summed E-state index contributed by atoms with van der Waals surface area (Å²) >= 11 is 0. The van der Waals surface area contributed by atoms with Crippen LogP contribution in [-0.4, -0.2) is 17.1 Å². The summed E-state index contributed by atoms with van der Waals surface area (Å²) in [5, 5.41) is 8.07. The van der Waals surface area contributed by atoms with Crippen LogP contribution in [0.25, 0.3) is 0 Å². The molecule has 0 fully saturated rings. The van der Waals surface area contributed by atoms with E-state index in [1.165, 1.54) is 0 Å². The van der Waals surface area contributed by atoms with Crippen LogP contribution in [0.5, 0.6) is 0 Å². The fraction of sp³-hybridized carbons (Fsp3) is 0.400. The fourth-order valence-corrected chi connectivity index (χ4v) is 0.274. The number of hydrogen-bond acceptors (Lipinski definition) is 2. The van der Waals surface area contributed by atoms with Crippen LogP contribution in [0.2, 0.25) is 0 Å². The minimum absolute atomic E-state index is 0.125. The molecule has 0 unspecified atom stereocenters. The Morgan fingerprint density at radius 2 is 1.90 bits per heavy atom. The van der Waals surface area contributed by atoms with E-state index in [0.29, 0.717) is 0 Å². The molecule has 0 rings (SSSR count). The third-order valence-electron chi connectivity index (χ3n) is 0.630. The Kier molecular flexibility index (Phi) is 2.45. The van der Waals surface area contributed by atoms with Crippen molar-refractivity contribution in [3.8, 4) is 0 Å². The fourth-order valence-electron chi connectivity index (χ4n) is 0.274. The van der Waals surface area contributed by atoms with Gasteiger partial charge >= 0.3 is 6.18 Å². The van der Waals surface area contributed by atoms with Crippen molar-refractivity contribution >= 4 is 5.78 Å². The normalized spacial score (nSPS) is 13.4. The maximum atomic E-state index is 11.3. The molecular weight excluding hydrogens is 149 g/mol. The minimum Gasteiger partial charge on any atom is -0.504 e. The van der Waals surface area contributed by atoms with Crippen LogP contribution in [0.15, 0.2) is 11.8 Å². The average Bonchev–Trinajstić information content (AvgIpc) is 1.60. The third kappa shape index (κ3) is 3.11. The van der Waals surface area contributed by atoms with Crippen molar-refractivity contribution < 1.29 is 23.1 Å². The predicted octanol–water partition coefficient (Wildman–Crippen LogP) is 1.58. The number of aliphatic hydroxyl groups excluding tert-OH is 1. The number of allylic oxidation sites excluding steroid dienone is 2. The maximum Gasteiger partial charge on any atom is 0.448 e. The summed E-state index contributed by atoms with van der Waals surface area (Å²) in [6.07, 6.45) is -4.69. The van der Waals surface area contributed by atoms with Crippen molar-refractivity contribution in [2.75, 3.05) is 0 Å². The Morgan fingerprint density at radius 3 is 2.00 bits per heavy atom. The van der Waals surface area contributed by atoms with E-state index in [-0.39, 0.29) is 6.08 Å². The topological polar surface area (TPSA) is 37.3 Å². The molecule has 5 heteroatoms. The largest absolute Gasteiger partial charge is 0.504 e. The van der Waals surface area contributed by atoms with Gasteiger partial charge in [-0.3, -0.25) is 4.79 Å². The van der Waals surface area contributed by atoms with Crippen LogP contribution in [-0.2, 0) is 4.79 Å². The second kappa shape index (κ2) is 2.72. The lowest BCUT2D eigenvalue weighted by atomic mass is 10.3. The second-order valence-corrected chi connectivity index (χ2v) is 1.64. The summed E-state index contributed by atoms with van der Waals surface area (Å²) in [7, 11) is 0. The van der Waals surface area contributed by atoms with E-state index >= 15 is 0 Å². The Balaban J connectivity index is 4.35. The van der Waals surface area contributed by atoms with E-state index in [9.17, 15) is 18.0 Å². The first-order chi connectivity index (χ1) is 4.34. The van der Waals surface area contributed by atoms with Gasteiger partial charge in [-0.15, -0.1) is 0 Å². The van der Waals surface area contributed by atoms with Gasteiger partial charge in [0.25, 0.3) is 0 Å². The van der Waals surface area contributed by atoms with Crippen LogP contribution in [0, 0.1) is 0 Å². The van der Waals surface area contributed by atoms with Gasteiger partial charge < -0.3 is 5.11 Å². The van der Waals surface area contributed by atoms with E-state index in [0.717, 1.165) is 6.92 Å². The lowest BCUT2D eigenvalue weighted by Crippen LogP contribution is -2.12. The van der Waals surface area contributed by atoms with Crippen molar-refractivity contribution in [2.45, 2.75) is 13.1 Å². The molecule has 0 atom stereocenters. The minimum atomic E-state index is -4.81. The van der Waals surface area contributed by atoms with Gasteiger partial charge in [0, 0.05) is 6.08 Å². The van der Waals surface area contributed by atoms with Crippen molar-refractivity contribution in [2.24, 2.45) is 0 Å². The van der Waals surface area contributed by atoms with Crippen molar-refractivity contribution in [1.29, 1.82) is 0 Å². The predicted molar refractivity (Wildman–Crippen MR) is 27.4 cm³/mol. The van der Waals surface area contributed by atoms with Crippen LogP contribution in [0.4, 0.5) is 13.2 Å². The number of aliphatic hydroxyl groups is 1. The highest BCUT2D eigenvalue weighted by atomic mass is 19.4. The second-order valence-electron chi connectivity index (χ2n) is 1.64. The molecule has 0 aromatic heterocycles. The van der Waals surface area contributed by atoms with E-state index in [4.69, 9.17) is 5.11 Å². The standard InChI is InChI=1S/C5H5F3O2/c1-3(9)2-4(10)5(6,7)8/h2,10H,1H3/b4-2-. The number of carbonyl (C=O) groups is 1. The molecule has 0 bridgehead atoms. The molecule has 0 heterocycles. The Hall–Kier alpha value is -1.00. The Morgan fingerprint density at radius 1 is 1.50 bits per heavy atom. The maximum absolute atomic E-state index is 11.3. The van der Waals surface area contributed by atoms with E-state index in [1.54, 1.807) is 0 Å². The van der Waals surface area contributed by atoms with E-state index in [1.807, 2.05) is 0 Å². The first-order valence-electron chi connectivity index (χ1n) is 2.32. The summed E-state index contributed by atoms with van der Waals surface area (Å²) in [5.74, 6) is -2.70. The van der Waals surface area contributed by atoms with Crippen LogP contribution in [0.3, 0.4) is 0 Å². The molecule has 58 valence electrons. The first-order valence-corrected chi connectivity index (χ1v) is 2.32. The van der Waals surface area contributed by atoms with Crippen molar-refractivity contribution in [3.63, 3.8) is 0 Å². The highest BCUT2D eigenvalue weighted by Crippen LogP contribution is 2.22. The van der Waals surface area contributed by atoms with E-state index in [2.05, 4.69) is 0 Å². The van der Waals surface area contributed by atoms with Gasteiger partial charge in [-0.25, -0.2) is 0 Å². The lowest BCUT2D eigenvalue weighted by Gasteiger charge is -2.02. The SMILES string of the molecule is CC(=O)/C=C(\O)C(F)(F)F. The molecule has 2 nitrogen and oxygen atoms in total. The molecule has 0 saturated carbocycles. The van der Waals surface area contributed by atoms with Gasteiger partial charge in [0.2, 0.25) is 5.76 Å². The van der Waals surface area contributed by atoms with Crippen LogP contribution >= 0.6 is 0 Å². The summed E-state index contributed by atoms with van der Waals surface area (Å²) in [6, 6.07) is 0. The number of alkyl halides is 3. The van der Waals surface area contributed by atoms with Crippen LogP contribution < -0.4 is 0 Å². The molecule has 0 aliphatic rings. The molecule has 0 aromatic carbocycles. The first kappa shape index (κ1) is 9.00. The van der Waals surface area contributed by atoms with Gasteiger partial charge in [-0.2, -0.15) is 13.2 Å². The number of halogens is 3. The van der Waals surface area contributed by atoms with Crippen molar-refractivity contribution in [1.82, 2.24) is 0 Å². The molecule has 10 heavy (non-hydrogen) atoms. The average molecular weight is 154 g/mol. The molecule has 1 N–H and O–H groups in total. The molecule has 0 aromatic rings. The highest BCUT2D eigenvalue weighted by molar-refractivity contribution is 5.87. The van der Waals surface area contributed by atoms with Gasteiger partial charge in [0.1, 0.15) is 0 Å². The smallest absolute Gasteiger partial charge is 0.448 e.